The van der Waals surface area contributed by atoms with Gasteiger partial charge in [-0.2, -0.15) is 0 Å². The fourth-order valence-corrected chi connectivity index (χ4v) is 2.85. The van der Waals surface area contributed by atoms with Crippen LogP contribution in [0.25, 0.3) is 11.6 Å². The van der Waals surface area contributed by atoms with E-state index in [0.29, 0.717) is 16.7 Å². The van der Waals surface area contributed by atoms with Gasteiger partial charge >= 0.3 is 0 Å². The van der Waals surface area contributed by atoms with Gasteiger partial charge in [-0.05, 0) is 24.1 Å². The van der Waals surface area contributed by atoms with Gasteiger partial charge in [-0.15, -0.1) is 10.2 Å². The van der Waals surface area contributed by atoms with Gasteiger partial charge in [-0.1, -0.05) is 49.4 Å². The zero-order valence-corrected chi connectivity index (χ0v) is 13.6. The average Bonchev–Trinajstić information content (AvgIpc) is 3.25. The first kappa shape index (κ1) is 15.6. The third kappa shape index (κ3) is 3.90. The van der Waals surface area contributed by atoms with Gasteiger partial charge in [0.05, 0.1) is 5.75 Å². The van der Waals surface area contributed by atoms with Crippen molar-refractivity contribution in [2.24, 2.45) is 0 Å². The summed E-state index contributed by atoms with van der Waals surface area (Å²) in [6.07, 6.45) is 3.92. The highest BCUT2D eigenvalue weighted by Gasteiger charge is 2.12. The van der Waals surface area contributed by atoms with E-state index in [0.717, 1.165) is 18.5 Å². The minimum Gasteiger partial charge on any atom is -0.410 e. The Kier molecular flexibility index (Phi) is 4.92. The molecule has 0 bridgehead atoms. The van der Waals surface area contributed by atoms with Crippen molar-refractivity contribution in [1.82, 2.24) is 15.2 Å². The number of H-pyrrole nitrogens is 1. The number of hydrogen-bond donors (Lipinski definition) is 1. The number of nitrogens with one attached hydrogen (secondary N) is 1. The zero-order chi connectivity index (χ0) is 16.1. The number of rotatable bonds is 7. The predicted octanol–water partition coefficient (Wildman–Crippen LogP) is 3.99. The van der Waals surface area contributed by atoms with Gasteiger partial charge in [0.1, 0.15) is 5.69 Å². The van der Waals surface area contributed by atoms with Crippen LogP contribution in [0.3, 0.4) is 0 Å². The van der Waals surface area contributed by atoms with Crippen molar-refractivity contribution in [3.8, 4) is 11.6 Å². The molecule has 6 heteroatoms. The van der Waals surface area contributed by atoms with Crippen molar-refractivity contribution in [2.45, 2.75) is 25.0 Å². The number of benzene rings is 1. The summed E-state index contributed by atoms with van der Waals surface area (Å²) in [5.41, 5.74) is 2.73. The molecule has 0 saturated heterocycles. The SMILES string of the molecule is CCCc1ccc(C(=O)CSc2nnc(-c3ccc[nH]3)o2)cc1. The van der Waals surface area contributed by atoms with Crippen LogP contribution in [0.15, 0.2) is 52.2 Å². The topological polar surface area (TPSA) is 71.8 Å². The van der Waals surface area contributed by atoms with Crippen molar-refractivity contribution in [3.05, 3.63) is 53.7 Å². The number of ketones is 1. The molecule has 0 aliphatic carbocycles. The van der Waals surface area contributed by atoms with E-state index in [1.807, 2.05) is 36.4 Å². The second-order valence-electron chi connectivity index (χ2n) is 5.12. The van der Waals surface area contributed by atoms with E-state index in [9.17, 15) is 4.79 Å². The maximum Gasteiger partial charge on any atom is 0.277 e. The van der Waals surface area contributed by atoms with Crippen molar-refractivity contribution in [2.75, 3.05) is 5.75 Å². The highest BCUT2D eigenvalue weighted by Crippen LogP contribution is 2.22. The number of carbonyl (C=O) groups excluding carboxylic acids is 1. The molecule has 5 nitrogen and oxygen atoms in total. The van der Waals surface area contributed by atoms with Gasteiger partial charge in [-0.3, -0.25) is 4.79 Å². The van der Waals surface area contributed by atoms with Gasteiger partial charge < -0.3 is 9.40 Å². The highest BCUT2D eigenvalue weighted by atomic mass is 32.2. The number of aryl methyl sites for hydroxylation is 1. The van der Waals surface area contributed by atoms with Gasteiger partial charge in [0.25, 0.3) is 11.1 Å². The lowest BCUT2D eigenvalue weighted by molar-refractivity contribution is 0.102. The summed E-state index contributed by atoms with van der Waals surface area (Å²) in [5, 5.41) is 8.31. The Morgan fingerprint density at radius 2 is 2.04 bits per heavy atom. The Hall–Kier alpha value is -2.34. The highest BCUT2D eigenvalue weighted by molar-refractivity contribution is 7.99. The summed E-state index contributed by atoms with van der Waals surface area (Å²) in [6, 6.07) is 11.5. The normalized spacial score (nSPS) is 10.8. The molecule has 0 aliphatic heterocycles. The van der Waals surface area contributed by atoms with Crippen molar-refractivity contribution in [1.29, 1.82) is 0 Å². The minimum atomic E-state index is 0.0534. The summed E-state index contributed by atoms with van der Waals surface area (Å²) in [7, 11) is 0. The van der Waals surface area contributed by atoms with E-state index in [2.05, 4.69) is 22.1 Å². The van der Waals surface area contributed by atoms with E-state index in [1.165, 1.54) is 17.3 Å². The number of thioether (sulfide) groups is 1. The molecular formula is C17H17N3O2S. The molecule has 0 unspecified atom stereocenters. The second-order valence-corrected chi connectivity index (χ2v) is 6.04. The van der Waals surface area contributed by atoms with Gasteiger partial charge in [0, 0.05) is 11.8 Å². The summed E-state index contributed by atoms with van der Waals surface area (Å²) < 4.78 is 5.52. The van der Waals surface area contributed by atoms with Crippen molar-refractivity contribution in [3.63, 3.8) is 0 Å². The van der Waals surface area contributed by atoms with Crippen LogP contribution in [0.4, 0.5) is 0 Å². The van der Waals surface area contributed by atoms with Crippen molar-refractivity contribution >= 4 is 17.5 Å². The summed E-state index contributed by atoms with van der Waals surface area (Å²) >= 11 is 1.25. The fourth-order valence-electron chi connectivity index (χ4n) is 2.20. The Labute approximate surface area is 138 Å². The molecular weight excluding hydrogens is 310 g/mol. The standard InChI is InChI=1S/C17H17N3O2S/c1-2-4-12-6-8-13(9-7-12)15(21)11-23-17-20-19-16(22-17)14-5-3-10-18-14/h3,5-10,18H,2,4,11H2,1H3. The Balaban J connectivity index is 1.58. The molecule has 0 spiro atoms. The predicted molar refractivity (Wildman–Crippen MR) is 89.6 cm³/mol. The molecule has 23 heavy (non-hydrogen) atoms. The lowest BCUT2D eigenvalue weighted by Gasteiger charge is -2.01. The first-order chi connectivity index (χ1) is 11.3. The van der Waals surface area contributed by atoms with Crippen LogP contribution in [0, 0.1) is 0 Å². The summed E-state index contributed by atoms with van der Waals surface area (Å²) in [5.74, 6) is 0.756. The number of aromatic nitrogens is 3. The van der Waals surface area contributed by atoms with E-state index in [-0.39, 0.29) is 11.5 Å². The lowest BCUT2D eigenvalue weighted by Crippen LogP contribution is -2.02. The summed E-state index contributed by atoms with van der Waals surface area (Å²) in [4.78, 5) is 15.2. The average molecular weight is 327 g/mol. The molecule has 2 heterocycles. The molecule has 0 aliphatic rings. The first-order valence-electron chi connectivity index (χ1n) is 7.48. The molecule has 2 aromatic heterocycles. The fraction of sp³-hybridized carbons (Fsp3) is 0.235. The van der Waals surface area contributed by atoms with Gasteiger partial charge in [-0.25, -0.2) is 0 Å². The summed E-state index contributed by atoms with van der Waals surface area (Å²) in [6.45, 7) is 2.14. The van der Waals surface area contributed by atoms with Crippen LogP contribution >= 0.6 is 11.8 Å². The lowest BCUT2D eigenvalue weighted by atomic mass is 10.1. The molecule has 1 aromatic carbocycles. The minimum absolute atomic E-state index is 0.0534. The second kappa shape index (κ2) is 7.28. The maximum absolute atomic E-state index is 12.2. The van der Waals surface area contributed by atoms with Gasteiger partial charge in [0.2, 0.25) is 0 Å². The molecule has 0 amide bonds. The van der Waals surface area contributed by atoms with Crippen LogP contribution in [0.1, 0.15) is 29.3 Å². The largest absolute Gasteiger partial charge is 0.410 e. The Bertz CT molecular complexity index is 764. The molecule has 0 radical (unpaired) electrons. The molecule has 0 atom stereocenters. The third-order valence-corrected chi connectivity index (χ3v) is 4.19. The molecule has 3 aromatic rings. The van der Waals surface area contributed by atoms with E-state index in [4.69, 9.17) is 4.42 Å². The molecule has 1 N–H and O–H groups in total. The van der Waals surface area contributed by atoms with Gasteiger partial charge in [0.15, 0.2) is 5.78 Å². The Morgan fingerprint density at radius 3 is 2.74 bits per heavy atom. The van der Waals surface area contributed by atoms with Crippen molar-refractivity contribution < 1.29 is 9.21 Å². The monoisotopic (exact) mass is 327 g/mol. The number of hydrogen-bond acceptors (Lipinski definition) is 5. The quantitative estimate of drug-likeness (QED) is 0.525. The van der Waals surface area contributed by atoms with Crippen LogP contribution in [0.2, 0.25) is 0 Å². The third-order valence-electron chi connectivity index (χ3n) is 3.38. The molecule has 0 saturated carbocycles. The first-order valence-corrected chi connectivity index (χ1v) is 8.47. The molecule has 3 rings (SSSR count). The van der Waals surface area contributed by atoms with Crippen LogP contribution < -0.4 is 0 Å². The Morgan fingerprint density at radius 1 is 1.22 bits per heavy atom. The number of carbonyl (C=O) groups is 1. The zero-order valence-electron chi connectivity index (χ0n) is 12.8. The number of aromatic amines is 1. The molecule has 118 valence electrons. The van der Waals surface area contributed by atoms with E-state index in [1.54, 1.807) is 6.20 Å². The number of nitrogens with zero attached hydrogens (tertiary/aromatic N) is 2. The maximum atomic E-state index is 12.2. The number of Topliss-reactive ketones (excluding diaryl/α,β-unsaturated/α-hetero) is 1. The smallest absolute Gasteiger partial charge is 0.277 e. The van der Waals surface area contributed by atoms with E-state index < -0.39 is 0 Å². The molecule has 0 fully saturated rings. The van der Waals surface area contributed by atoms with Crippen LogP contribution in [0.5, 0.6) is 0 Å². The van der Waals surface area contributed by atoms with Crippen LogP contribution in [-0.4, -0.2) is 26.7 Å². The van der Waals surface area contributed by atoms with Crippen LogP contribution in [-0.2, 0) is 6.42 Å². The van der Waals surface area contributed by atoms with E-state index >= 15 is 0 Å².